The van der Waals surface area contributed by atoms with Gasteiger partial charge in [-0.1, -0.05) is 26.0 Å². The molecule has 0 saturated heterocycles. The number of hydrogen-bond donors (Lipinski definition) is 2. The zero-order valence-corrected chi connectivity index (χ0v) is 19.5. The molecule has 0 radical (unpaired) electrons. The maximum absolute atomic E-state index is 12.4. The molecule has 4 aromatic rings. The second kappa shape index (κ2) is 9.83. The molecule has 168 valence electrons. The molecule has 0 unspecified atom stereocenters. The second-order valence-corrected chi connectivity index (χ2v) is 8.18. The van der Waals surface area contributed by atoms with E-state index in [0.29, 0.717) is 23.1 Å². The van der Waals surface area contributed by atoms with Gasteiger partial charge in [0.15, 0.2) is 10.7 Å². The standard InChI is InChI=1S/C26H25N3O3S/c1-4-16(2)18-10-13-23-22(15-18)28-25(32-23)17-8-11-20(12-9-17)27-26(33)29-24(30)19-6-5-7-21(14-19)31-3/h5-16H,4H2,1-3H3,(H2,27,29,30,33)/t16-/m1/s1. The zero-order valence-electron chi connectivity index (χ0n) is 18.7. The minimum Gasteiger partial charge on any atom is -0.497 e. The van der Waals surface area contributed by atoms with Crippen molar-refractivity contribution in [1.29, 1.82) is 0 Å². The average Bonchev–Trinajstić information content (AvgIpc) is 3.27. The maximum Gasteiger partial charge on any atom is 0.257 e. The highest BCUT2D eigenvalue weighted by molar-refractivity contribution is 7.80. The van der Waals surface area contributed by atoms with E-state index < -0.39 is 0 Å². The largest absolute Gasteiger partial charge is 0.497 e. The van der Waals surface area contributed by atoms with Gasteiger partial charge in [0, 0.05) is 16.8 Å². The maximum atomic E-state index is 12.4. The smallest absolute Gasteiger partial charge is 0.257 e. The van der Waals surface area contributed by atoms with Gasteiger partial charge in [-0.15, -0.1) is 0 Å². The molecule has 1 atom stereocenters. The van der Waals surface area contributed by atoms with Crippen molar-refractivity contribution in [3.05, 3.63) is 77.9 Å². The second-order valence-electron chi connectivity index (χ2n) is 7.77. The number of anilines is 1. The summed E-state index contributed by atoms with van der Waals surface area (Å²) in [6.07, 6.45) is 1.08. The number of carbonyl (C=O) groups is 1. The molecular weight excluding hydrogens is 434 g/mol. The van der Waals surface area contributed by atoms with Gasteiger partial charge in [0.2, 0.25) is 5.89 Å². The predicted octanol–water partition coefficient (Wildman–Crippen LogP) is 6.14. The number of hydrogen-bond acceptors (Lipinski definition) is 5. The number of rotatable bonds is 6. The highest BCUT2D eigenvalue weighted by atomic mass is 32.1. The van der Waals surface area contributed by atoms with Crippen LogP contribution in [0, 0.1) is 0 Å². The highest BCUT2D eigenvalue weighted by Gasteiger charge is 2.12. The Bertz CT molecular complexity index is 1300. The van der Waals surface area contributed by atoms with Crippen molar-refractivity contribution >= 4 is 40.0 Å². The molecule has 0 aliphatic carbocycles. The van der Waals surface area contributed by atoms with Crippen molar-refractivity contribution in [3.8, 4) is 17.2 Å². The van der Waals surface area contributed by atoms with E-state index in [1.165, 1.54) is 5.56 Å². The Morgan fingerprint density at radius 2 is 1.91 bits per heavy atom. The van der Waals surface area contributed by atoms with E-state index in [-0.39, 0.29) is 11.0 Å². The summed E-state index contributed by atoms with van der Waals surface area (Å²) in [6, 6.07) is 20.6. The first kappa shape index (κ1) is 22.5. The lowest BCUT2D eigenvalue weighted by atomic mass is 9.98. The molecule has 6 nitrogen and oxygen atoms in total. The van der Waals surface area contributed by atoms with Crippen molar-refractivity contribution in [2.75, 3.05) is 12.4 Å². The van der Waals surface area contributed by atoms with E-state index in [9.17, 15) is 4.79 Å². The van der Waals surface area contributed by atoms with Gasteiger partial charge >= 0.3 is 0 Å². The third kappa shape index (κ3) is 5.21. The van der Waals surface area contributed by atoms with E-state index in [0.717, 1.165) is 28.8 Å². The van der Waals surface area contributed by atoms with Gasteiger partial charge in [-0.05, 0) is 84.7 Å². The number of ether oxygens (including phenoxy) is 1. The van der Waals surface area contributed by atoms with E-state index in [4.69, 9.17) is 21.4 Å². The Hall–Kier alpha value is -3.71. The molecule has 0 saturated carbocycles. The van der Waals surface area contributed by atoms with Crippen LogP contribution in [-0.2, 0) is 0 Å². The lowest BCUT2D eigenvalue weighted by Gasteiger charge is -2.10. The molecule has 3 aromatic carbocycles. The van der Waals surface area contributed by atoms with Gasteiger partial charge in [-0.3, -0.25) is 10.1 Å². The molecule has 0 bridgehead atoms. The van der Waals surface area contributed by atoms with Gasteiger partial charge in [0.25, 0.3) is 5.91 Å². The van der Waals surface area contributed by atoms with Crippen molar-refractivity contribution < 1.29 is 13.9 Å². The van der Waals surface area contributed by atoms with Crippen LogP contribution in [-0.4, -0.2) is 23.1 Å². The van der Waals surface area contributed by atoms with E-state index in [2.05, 4.69) is 41.6 Å². The minimum absolute atomic E-state index is 0.204. The summed E-state index contributed by atoms with van der Waals surface area (Å²) in [6.45, 7) is 4.38. The van der Waals surface area contributed by atoms with Crippen LogP contribution < -0.4 is 15.4 Å². The molecule has 1 amide bonds. The fourth-order valence-corrected chi connectivity index (χ4v) is 3.62. The lowest BCUT2D eigenvalue weighted by molar-refractivity contribution is 0.0977. The predicted molar refractivity (Wildman–Crippen MR) is 135 cm³/mol. The van der Waals surface area contributed by atoms with Gasteiger partial charge in [-0.25, -0.2) is 4.98 Å². The van der Waals surface area contributed by atoms with Gasteiger partial charge in [-0.2, -0.15) is 0 Å². The van der Waals surface area contributed by atoms with Crippen LogP contribution in [0.5, 0.6) is 5.75 Å². The van der Waals surface area contributed by atoms with Crippen molar-refractivity contribution in [3.63, 3.8) is 0 Å². The molecule has 4 rings (SSSR count). The number of oxazole rings is 1. The Balaban J connectivity index is 1.42. The normalized spacial score (nSPS) is 11.7. The number of nitrogens with zero attached hydrogens (tertiary/aromatic N) is 1. The van der Waals surface area contributed by atoms with Gasteiger partial charge in [0.05, 0.1) is 7.11 Å². The molecule has 1 aromatic heterocycles. The first-order chi connectivity index (χ1) is 16.0. The summed E-state index contributed by atoms with van der Waals surface area (Å²) in [4.78, 5) is 17.1. The fourth-order valence-electron chi connectivity index (χ4n) is 3.41. The molecule has 1 heterocycles. The van der Waals surface area contributed by atoms with Crippen LogP contribution in [0.15, 0.2) is 71.1 Å². The Kier molecular flexibility index (Phi) is 6.70. The molecule has 7 heteroatoms. The molecule has 0 aliphatic heterocycles. The average molecular weight is 460 g/mol. The fraction of sp³-hybridized carbons (Fsp3) is 0.192. The number of benzene rings is 3. The van der Waals surface area contributed by atoms with Crippen LogP contribution in [0.1, 0.15) is 42.1 Å². The van der Waals surface area contributed by atoms with Crippen LogP contribution in [0.25, 0.3) is 22.6 Å². The first-order valence-electron chi connectivity index (χ1n) is 10.7. The number of amides is 1. The summed E-state index contributed by atoms with van der Waals surface area (Å²) >= 11 is 5.28. The zero-order chi connectivity index (χ0) is 23.4. The molecule has 0 fully saturated rings. The quantitative estimate of drug-likeness (QED) is 0.337. The lowest BCUT2D eigenvalue weighted by Crippen LogP contribution is -2.34. The number of methoxy groups -OCH3 is 1. The molecule has 0 spiro atoms. The van der Waals surface area contributed by atoms with E-state index >= 15 is 0 Å². The van der Waals surface area contributed by atoms with Crippen LogP contribution in [0.2, 0.25) is 0 Å². The molecule has 0 aliphatic rings. The molecule has 2 N–H and O–H groups in total. The van der Waals surface area contributed by atoms with Crippen LogP contribution in [0.3, 0.4) is 0 Å². The summed E-state index contributed by atoms with van der Waals surface area (Å²) in [5.74, 6) is 1.33. The number of nitrogens with one attached hydrogen (secondary N) is 2. The summed E-state index contributed by atoms with van der Waals surface area (Å²) < 4.78 is 11.1. The Morgan fingerprint density at radius 1 is 1.12 bits per heavy atom. The SMILES string of the molecule is CC[C@@H](C)c1ccc2oc(-c3ccc(NC(=S)NC(=O)c4cccc(OC)c4)cc3)nc2c1. The van der Waals surface area contributed by atoms with Crippen molar-refractivity contribution in [1.82, 2.24) is 10.3 Å². The third-order valence-corrected chi connectivity index (χ3v) is 5.75. The molecule has 33 heavy (non-hydrogen) atoms. The first-order valence-corrected chi connectivity index (χ1v) is 11.1. The minimum atomic E-state index is -0.314. The molecular formula is C26H25N3O3S. The van der Waals surface area contributed by atoms with E-state index in [1.807, 2.05) is 30.3 Å². The summed E-state index contributed by atoms with van der Waals surface area (Å²) in [7, 11) is 1.55. The monoisotopic (exact) mass is 459 g/mol. The Labute approximate surface area is 198 Å². The summed E-state index contributed by atoms with van der Waals surface area (Å²) in [5.41, 5.74) is 4.93. The van der Waals surface area contributed by atoms with E-state index in [1.54, 1.807) is 31.4 Å². The number of thiocarbonyl (C=S) groups is 1. The topological polar surface area (TPSA) is 76.4 Å². The van der Waals surface area contributed by atoms with Crippen LogP contribution in [0.4, 0.5) is 5.69 Å². The number of aromatic nitrogens is 1. The van der Waals surface area contributed by atoms with Gasteiger partial charge in [0.1, 0.15) is 11.3 Å². The summed E-state index contributed by atoms with van der Waals surface area (Å²) in [5, 5.41) is 5.90. The van der Waals surface area contributed by atoms with Crippen molar-refractivity contribution in [2.45, 2.75) is 26.2 Å². The number of fused-ring (bicyclic) bond motifs is 1. The van der Waals surface area contributed by atoms with Gasteiger partial charge < -0.3 is 14.5 Å². The van der Waals surface area contributed by atoms with Crippen molar-refractivity contribution in [2.24, 2.45) is 0 Å². The third-order valence-electron chi connectivity index (χ3n) is 5.54. The van der Waals surface area contributed by atoms with Crippen LogP contribution >= 0.6 is 12.2 Å². The number of carbonyl (C=O) groups excluding carboxylic acids is 1. The Morgan fingerprint density at radius 3 is 2.64 bits per heavy atom. The highest BCUT2D eigenvalue weighted by Crippen LogP contribution is 2.28.